The molecule has 1 aliphatic rings. The molecule has 0 spiro atoms. The number of nitrogens with zero attached hydrogens (tertiary/aromatic N) is 1. The van der Waals surface area contributed by atoms with Gasteiger partial charge in [0.2, 0.25) is 5.91 Å². The van der Waals surface area contributed by atoms with E-state index < -0.39 is 0 Å². The third kappa shape index (κ3) is 5.13. The molecule has 2 amide bonds. The average molecular weight is 346 g/mol. The highest BCUT2D eigenvalue weighted by Crippen LogP contribution is 2.22. The smallest absolute Gasteiger partial charge is 0.254 e. The molecule has 130 valence electrons. The zero-order valence-corrected chi connectivity index (χ0v) is 15.7. The van der Waals surface area contributed by atoms with Crippen molar-refractivity contribution in [2.45, 2.75) is 27.7 Å². The molecule has 1 aromatic carbocycles. The lowest BCUT2D eigenvalue weighted by molar-refractivity contribution is -0.112. The molecule has 1 N–H and O–H groups in total. The van der Waals surface area contributed by atoms with Gasteiger partial charge in [-0.25, -0.2) is 0 Å². The Morgan fingerprint density at radius 3 is 2.50 bits per heavy atom. The van der Waals surface area contributed by atoms with Crippen molar-refractivity contribution in [2.75, 3.05) is 29.9 Å². The number of amides is 2. The molecule has 2 rings (SSSR count). The molecule has 1 heterocycles. The van der Waals surface area contributed by atoms with E-state index in [9.17, 15) is 9.59 Å². The predicted molar refractivity (Wildman–Crippen MR) is 102 cm³/mol. The summed E-state index contributed by atoms with van der Waals surface area (Å²) in [5.41, 5.74) is 2.13. The Morgan fingerprint density at radius 2 is 1.88 bits per heavy atom. The molecule has 5 heteroatoms. The van der Waals surface area contributed by atoms with Gasteiger partial charge in [-0.15, -0.1) is 0 Å². The van der Waals surface area contributed by atoms with Crippen LogP contribution in [0, 0.1) is 12.3 Å². The quantitative estimate of drug-likeness (QED) is 0.849. The lowest BCUT2D eigenvalue weighted by Gasteiger charge is -2.27. The van der Waals surface area contributed by atoms with E-state index in [0.29, 0.717) is 11.3 Å². The van der Waals surface area contributed by atoms with Gasteiger partial charge in [-0.05, 0) is 36.1 Å². The topological polar surface area (TPSA) is 49.4 Å². The van der Waals surface area contributed by atoms with E-state index in [1.807, 2.05) is 68.6 Å². The van der Waals surface area contributed by atoms with Gasteiger partial charge in [0, 0.05) is 35.8 Å². The highest BCUT2D eigenvalue weighted by Gasteiger charge is 2.21. The maximum Gasteiger partial charge on any atom is 0.254 e. The van der Waals surface area contributed by atoms with Crippen LogP contribution >= 0.6 is 11.8 Å². The first kappa shape index (κ1) is 18.6. The standard InChI is InChI=1S/C19H26N2O2S/c1-14-15(18(23)21-10-12-24-13-11-21)6-5-7-16(14)20-17(22)8-9-19(2,3)4/h5-9H,10-13H2,1-4H3,(H,20,22)/b9-8-. The molecular weight excluding hydrogens is 320 g/mol. The van der Waals surface area contributed by atoms with Crippen LogP contribution in [0.25, 0.3) is 0 Å². The van der Waals surface area contributed by atoms with E-state index in [0.717, 1.165) is 30.2 Å². The minimum absolute atomic E-state index is 0.0452. The molecule has 1 fully saturated rings. The zero-order valence-electron chi connectivity index (χ0n) is 14.9. The van der Waals surface area contributed by atoms with Crippen molar-refractivity contribution in [3.05, 3.63) is 41.5 Å². The molecule has 0 radical (unpaired) electrons. The van der Waals surface area contributed by atoms with Crippen molar-refractivity contribution < 1.29 is 9.59 Å². The normalized spacial score (nSPS) is 15.6. The number of benzene rings is 1. The molecule has 0 atom stereocenters. The first-order valence-electron chi connectivity index (χ1n) is 8.25. The van der Waals surface area contributed by atoms with Crippen LogP contribution in [0.2, 0.25) is 0 Å². The third-order valence-electron chi connectivity index (χ3n) is 3.86. The van der Waals surface area contributed by atoms with Gasteiger partial charge in [-0.1, -0.05) is 32.9 Å². The van der Waals surface area contributed by atoms with Crippen LogP contribution in [-0.4, -0.2) is 41.3 Å². The number of hydrogen-bond acceptors (Lipinski definition) is 3. The first-order valence-corrected chi connectivity index (χ1v) is 9.40. The van der Waals surface area contributed by atoms with Gasteiger partial charge in [0.1, 0.15) is 0 Å². The van der Waals surface area contributed by atoms with Gasteiger partial charge in [-0.3, -0.25) is 9.59 Å². The summed E-state index contributed by atoms with van der Waals surface area (Å²) < 4.78 is 0. The fraction of sp³-hybridized carbons (Fsp3) is 0.474. The van der Waals surface area contributed by atoms with Crippen LogP contribution in [0.1, 0.15) is 36.7 Å². The van der Waals surface area contributed by atoms with E-state index in [2.05, 4.69) is 5.32 Å². The van der Waals surface area contributed by atoms with Crippen LogP contribution < -0.4 is 5.32 Å². The van der Waals surface area contributed by atoms with Gasteiger partial charge in [0.25, 0.3) is 5.91 Å². The number of nitrogens with one attached hydrogen (secondary N) is 1. The largest absolute Gasteiger partial charge is 0.337 e. The van der Waals surface area contributed by atoms with E-state index in [-0.39, 0.29) is 17.2 Å². The van der Waals surface area contributed by atoms with Gasteiger partial charge in [0.15, 0.2) is 0 Å². The summed E-state index contributed by atoms with van der Waals surface area (Å²) >= 11 is 1.88. The van der Waals surface area contributed by atoms with Crippen LogP contribution in [0.4, 0.5) is 5.69 Å². The number of thioether (sulfide) groups is 1. The van der Waals surface area contributed by atoms with Crippen molar-refractivity contribution >= 4 is 29.3 Å². The maximum atomic E-state index is 12.7. The number of anilines is 1. The van der Waals surface area contributed by atoms with E-state index in [1.165, 1.54) is 0 Å². The van der Waals surface area contributed by atoms with Crippen LogP contribution in [0.15, 0.2) is 30.4 Å². The van der Waals surface area contributed by atoms with Gasteiger partial charge >= 0.3 is 0 Å². The lowest BCUT2D eigenvalue weighted by Crippen LogP contribution is -2.38. The summed E-state index contributed by atoms with van der Waals surface area (Å²) in [6.45, 7) is 9.57. The maximum absolute atomic E-state index is 12.7. The number of carbonyl (C=O) groups is 2. The summed E-state index contributed by atoms with van der Waals surface area (Å²) in [6, 6.07) is 5.49. The summed E-state index contributed by atoms with van der Waals surface area (Å²) in [5.74, 6) is 1.85. The molecule has 24 heavy (non-hydrogen) atoms. The summed E-state index contributed by atoms with van der Waals surface area (Å²) in [7, 11) is 0. The van der Waals surface area contributed by atoms with Crippen molar-refractivity contribution in [3.8, 4) is 0 Å². The lowest BCUT2D eigenvalue weighted by atomic mass is 9.96. The summed E-state index contributed by atoms with van der Waals surface area (Å²) in [5, 5.41) is 2.88. The predicted octanol–water partition coefficient (Wildman–Crippen LogP) is 3.72. The molecule has 0 aromatic heterocycles. The minimum atomic E-state index is -0.174. The molecule has 0 aliphatic carbocycles. The Hall–Kier alpha value is -1.75. The molecule has 0 saturated carbocycles. The Balaban J connectivity index is 2.14. The molecule has 4 nitrogen and oxygen atoms in total. The van der Waals surface area contributed by atoms with Crippen molar-refractivity contribution in [1.82, 2.24) is 4.90 Å². The van der Waals surface area contributed by atoms with E-state index in [4.69, 9.17) is 0 Å². The molecule has 1 saturated heterocycles. The second-order valence-corrected chi connectivity index (χ2v) is 8.30. The van der Waals surface area contributed by atoms with Crippen LogP contribution in [0.5, 0.6) is 0 Å². The number of carbonyl (C=O) groups excluding carboxylic acids is 2. The third-order valence-corrected chi connectivity index (χ3v) is 4.80. The van der Waals surface area contributed by atoms with Crippen molar-refractivity contribution in [3.63, 3.8) is 0 Å². The van der Waals surface area contributed by atoms with Crippen LogP contribution in [-0.2, 0) is 4.79 Å². The minimum Gasteiger partial charge on any atom is -0.337 e. The molecular formula is C19H26N2O2S. The second kappa shape index (κ2) is 7.88. The Morgan fingerprint density at radius 1 is 1.21 bits per heavy atom. The Kier molecular flexibility index (Phi) is 6.10. The monoisotopic (exact) mass is 346 g/mol. The van der Waals surface area contributed by atoms with Crippen molar-refractivity contribution in [1.29, 1.82) is 0 Å². The highest BCUT2D eigenvalue weighted by atomic mass is 32.2. The molecule has 0 bridgehead atoms. The van der Waals surface area contributed by atoms with Gasteiger partial charge < -0.3 is 10.2 Å². The van der Waals surface area contributed by atoms with Crippen molar-refractivity contribution in [2.24, 2.45) is 5.41 Å². The molecule has 0 unspecified atom stereocenters. The molecule has 1 aromatic rings. The van der Waals surface area contributed by atoms with Gasteiger partial charge in [0.05, 0.1) is 0 Å². The number of rotatable bonds is 3. The van der Waals surface area contributed by atoms with E-state index >= 15 is 0 Å². The number of allylic oxidation sites excluding steroid dienone is 1. The SMILES string of the molecule is Cc1c(NC(=O)/C=C\C(C)(C)C)cccc1C(=O)N1CCSCC1. The van der Waals surface area contributed by atoms with Gasteiger partial charge in [-0.2, -0.15) is 11.8 Å². The fourth-order valence-electron chi connectivity index (χ4n) is 2.44. The number of hydrogen-bond donors (Lipinski definition) is 1. The first-order chi connectivity index (χ1) is 11.3. The van der Waals surface area contributed by atoms with E-state index in [1.54, 1.807) is 6.08 Å². The second-order valence-electron chi connectivity index (χ2n) is 7.07. The summed E-state index contributed by atoms with van der Waals surface area (Å²) in [6.07, 6.45) is 3.42. The average Bonchev–Trinajstić information content (AvgIpc) is 2.54. The fourth-order valence-corrected chi connectivity index (χ4v) is 3.34. The Labute approximate surface area is 148 Å². The zero-order chi connectivity index (χ0) is 17.7. The Bertz CT molecular complexity index is 641. The highest BCUT2D eigenvalue weighted by molar-refractivity contribution is 7.99. The molecule has 1 aliphatic heterocycles. The summed E-state index contributed by atoms with van der Waals surface area (Å²) in [4.78, 5) is 26.7. The van der Waals surface area contributed by atoms with Crippen LogP contribution in [0.3, 0.4) is 0 Å².